The third-order valence-corrected chi connectivity index (χ3v) is 5.01. The van der Waals surface area contributed by atoms with Gasteiger partial charge in [-0.3, -0.25) is 4.79 Å². The third kappa shape index (κ3) is 2.56. The van der Waals surface area contributed by atoms with Crippen LogP contribution >= 0.6 is 15.9 Å². The van der Waals surface area contributed by atoms with E-state index in [1.54, 1.807) is 7.11 Å². The molecule has 2 aliphatic heterocycles. The Bertz CT molecular complexity index is 521. The Balaban J connectivity index is 1.74. The summed E-state index contributed by atoms with van der Waals surface area (Å²) in [5.74, 6) is 2.25. The molecule has 5 heteroatoms. The number of methoxy groups -OCH3 is 1. The minimum absolute atomic E-state index is 0.124. The van der Waals surface area contributed by atoms with Gasteiger partial charge in [0.1, 0.15) is 5.75 Å². The number of hydrogen-bond donors (Lipinski definition) is 1. The summed E-state index contributed by atoms with van der Waals surface area (Å²) < 4.78 is 6.02. The van der Waals surface area contributed by atoms with Crippen molar-refractivity contribution in [2.45, 2.75) is 6.42 Å². The number of carbonyl (C=O) groups excluding carboxylic acids is 1. The summed E-state index contributed by atoms with van der Waals surface area (Å²) in [5, 5.41) is 3.43. The minimum Gasteiger partial charge on any atom is -0.496 e. The number of likely N-dealkylation sites (tertiary alicyclic amines) is 1. The van der Waals surface area contributed by atoms with Gasteiger partial charge < -0.3 is 15.0 Å². The van der Waals surface area contributed by atoms with Crippen LogP contribution in [-0.4, -0.2) is 44.1 Å². The van der Waals surface area contributed by atoms with Gasteiger partial charge in [0.25, 0.3) is 5.91 Å². The summed E-state index contributed by atoms with van der Waals surface area (Å²) >= 11 is 3.44. The molecule has 0 saturated carbocycles. The topological polar surface area (TPSA) is 41.6 Å². The molecule has 0 aliphatic carbocycles. The van der Waals surface area contributed by atoms with Crippen LogP contribution in [0.1, 0.15) is 16.8 Å². The van der Waals surface area contributed by atoms with Gasteiger partial charge in [-0.1, -0.05) is 0 Å². The van der Waals surface area contributed by atoms with Gasteiger partial charge in [0, 0.05) is 18.7 Å². The first-order valence-corrected chi connectivity index (χ1v) is 7.82. The highest BCUT2D eigenvalue weighted by atomic mass is 79.9. The van der Waals surface area contributed by atoms with Gasteiger partial charge in [-0.05, 0) is 65.5 Å². The van der Waals surface area contributed by atoms with E-state index in [1.807, 2.05) is 23.1 Å². The molecule has 1 aromatic carbocycles. The summed E-state index contributed by atoms with van der Waals surface area (Å²) in [7, 11) is 1.62. The average Bonchev–Trinajstić information content (AvgIpc) is 2.93. The quantitative estimate of drug-likeness (QED) is 0.898. The van der Waals surface area contributed by atoms with E-state index in [1.165, 1.54) is 0 Å². The Morgan fingerprint density at radius 2 is 2.20 bits per heavy atom. The van der Waals surface area contributed by atoms with E-state index in [2.05, 4.69) is 21.2 Å². The Morgan fingerprint density at radius 1 is 1.40 bits per heavy atom. The van der Waals surface area contributed by atoms with Gasteiger partial charge in [0.05, 0.1) is 11.6 Å². The van der Waals surface area contributed by atoms with Crippen LogP contribution in [0.2, 0.25) is 0 Å². The normalized spacial score (nSPS) is 25.4. The molecule has 2 saturated heterocycles. The van der Waals surface area contributed by atoms with Gasteiger partial charge in [-0.15, -0.1) is 0 Å². The van der Waals surface area contributed by atoms with Crippen molar-refractivity contribution < 1.29 is 9.53 Å². The van der Waals surface area contributed by atoms with Crippen molar-refractivity contribution in [3.8, 4) is 5.75 Å². The zero-order valence-corrected chi connectivity index (χ0v) is 13.1. The molecular formula is C15H19BrN2O2. The number of halogens is 1. The van der Waals surface area contributed by atoms with E-state index < -0.39 is 0 Å². The van der Waals surface area contributed by atoms with Crippen LogP contribution in [0, 0.1) is 11.8 Å². The molecule has 20 heavy (non-hydrogen) atoms. The molecule has 1 aromatic rings. The minimum atomic E-state index is 0.124. The molecule has 2 fully saturated rings. The molecule has 0 spiro atoms. The standard InChI is InChI=1S/C15H19BrN2O2/c1-20-14-3-2-10(6-13(14)16)15(19)18-5-4-11-7-17-8-12(11)9-18/h2-3,6,11-12,17H,4-5,7-9H2,1H3. The highest BCUT2D eigenvalue weighted by Gasteiger charge is 2.34. The lowest BCUT2D eigenvalue weighted by molar-refractivity contribution is 0.0642. The number of hydrogen-bond acceptors (Lipinski definition) is 3. The first-order chi connectivity index (χ1) is 9.69. The Morgan fingerprint density at radius 3 is 2.95 bits per heavy atom. The molecule has 2 atom stereocenters. The van der Waals surface area contributed by atoms with Crippen molar-refractivity contribution in [1.82, 2.24) is 10.2 Å². The second kappa shape index (κ2) is 5.74. The number of fused-ring (bicyclic) bond motifs is 1. The molecule has 3 rings (SSSR count). The number of carbonyl (C=O) groups is 1. The summed E-state index contributed by atoms with van der Waals surface area (Å²) in [6.45, 7) is 3.90. The third-order valence-electron chi connectivity index (χ3n) is 4.39. The smallest absolute Gasteiger partial charge is 0.253 e. The van der Waals surface area contributed by atoms with Crippen LogP contribution in [0.25, 0.3) is 0 Å². The van der Waals surface area contributed by atoms with Gasteiger partial charge >= 0.3 is 0 Å². The highest BCUT2D eigenvalue weighted by Crippen LogP contribution is 2.29. The van der Waals surface area contributed by atoms with Crippen molar-refractivity contribution in [1.29, 1.82) is 0 Å². The van der Waals surface area contributed by atoms with Gasteiger partial charge in [0.2, 0.25) is 0 Å². The molecule has 1 amide bonds. The molecule has 4 nitrogen and oxygen atoms in total. The Labute approximate surface area is 127 Å². The number of nitrogens with zero attached hydrogens (tertiary/aromatic N) is 1. The molecule has 2 aliphatic rings. The molecular weight excluding hydrogens is 320 g/mol. The first-order valence-electron chi connectivity index (χ1n) is 7.02. The number of amides is 1. The number of nitrogens with one attached hydrogen (secondary N) is 1. The molecule has 1 N–H and O–H groups in total. The van der Waals surface area contributed by atoms with E-state index >= 15 is 0 Å². The van der Waals surface area contributed by atoms with Crippen molar-refractivity contribution in [2.24, 2.45) is 11.8 Å². The zero-order valence-electron chi connectivity index (χ0n) is 11.6. The maximum absolute atomic E-state index is 12.6. The lowest BCUT2D eigenvalue weighted by Crippen LogP contribution is -2.43. The Kier molecular flexibility index (Phi) is 3.98. The average molecular weight is 339 g/mol. The summed E-state index contributed by atoms with van der Waals surface area (Å²) in [5.41, 5.74) is 0.724. The van der Waals surface area contributed by atoms with Crippen LogP contribution in [0.5, 0.6) is 5.75 Å². The molecule has 0 radical (unpaired) electrons. The first kappa shape index (κ1) is 13.9. The van der Waals surface area contributed by atoms with E-state index in [0.717, 1.165) is 54.3 Å². The highest BCUT2D eigenvalue weighted by molar-refractivity contribution is 9.10. The fourth-order valence-electron chi connectivity index (χ4n) is 3.20. The summed E-state index contributed by atoms with van der Waals surface area (Å²) in [6, 6.07) is 5.52. The van der Waals surface area contributed by atoms with Crippen molar-refractivity contribution in [3.63, 3.8) is 0 Å². The van der Waals surface area contributed by atoms with Gasteiger partial charge in [0.15, 0.2) is 0 Å². The maximum Gasteiger partial charge on any atom is 0.253 e. The van der Waals surface area contributed by atoms with Crippen molar-refractivity contribution in [2.75, 3.05) is 33.3 Å². The van der Waals surface area contributed by atoms with E-state index in [4.69, 9.17) is 4.74 Å². The largest absolute Gasteiger partial charge is 0.496 e. The fourth-order valence-corrected chi connectivity index (χ4v) is 3.74. The molecule has 2 heterocycles. The number of piperidine rings is 1. The number of benzene rings is 1. The lowest BCUT2D eigenvalue weighted by Gasteiger charge is -2.34. The predicted molar refractivity (Wildman–Crippen MR) is 81.1 cm³/mol. The molecule has 0 aromatic heterocycles. The van der Waals surface area contributed by atoms with Crippen LogP contribution < -0.4 is 10.1 Å². The fraction of sp³-hybridized carbons (Fsp3) is 0.533. The van der Waals surface area contributed by atoms with Crippen LogP contribution in [0.4, 0.5) is 0 Å². The van der Waals surface area contributed by atoms with Crippen LogP contribution in [0.3, 0.4) is 0 Å². The van der Waals surface area contributed by atoms with Crippen LogP contribution in [-0.2, 0) is 0 Å². The summed E-state index contributed by atoms with van der Waals surface area (Å²) in [4.78, 5) is 14.6. The summed E-state index contributed by atoms with van der Waals surface area (Å²) in [6.07, 6.45) is 1.11. The number of rotatable bonds is 2. The second-order valence-corrected chi connectivity index (χ2v) is 6.42. The van der Waals surface area contributed by atoms with Gasteiger partial charge in [-0.2, -0.15) is 0 Å². The number of ether oxygens (including phenoxy) is 1. The van der Waals surface area contributed by atoms with Crippen molar-refractivity contribution >= 4 is 21.8 Å². The molecule has 0 bridgehead atoms. The van der Waals surface area contributed by atoms with E-state index in [0.29, 0.717) is 5.92 Å². The van der Waals surface area contributed by atoms with Gasteiger partial charge in [-0.25, -0.2) is 0 Å². The van der Waals surface area contributed by atoms with Crippen molar-refractivity contribution in [3.05, 3.63) is 28.2 Å². The molecule has 2 unspecified atom stereocenters. The second-order valence-electron chi connectivity index (χ2n) is 5.57. The Hall–Kier alpha value is -1.07. The monoisotopic (exact) mass is 338 g/mol. The molecule has 108 valence electrons. The lowest BCUT2D eigenvalue weighted by atomic mass is 9.88. The van der Waals surface area contributed by atoms with E-state index in [9.17, 15) is 4.79 Å². The zero-order chi connectivity index (χ0) is 14.1. The predicted octanol–water partition coefficient (Wildman–Crippen LogP) is 2.14. The van der Waals surface area contributed by atoms with Crippen LogP contribution in [0.15, 0.2) is 22.7 Å². The maximum atomic E-state index is 12.6. The SMILES string of the molecule is COc1ccc(C(=O)N2CCC3CNCC3C2)cc1Br. The van der Waals surface area contributed by atoms with E-state index in [-0.39, 0.29) is 5.91 Å².